The van der Waals surface area contributed by atoms with Crippen molar-refractivity contribution in [1.82, 2.24) is 25.4 Å². The van der Waals surface area contributed by atoms with Crippen molar-refractivity contribution in [3.63, 3.8) is 0 Å². The number of benzene rings is 2. The van der Waals surface area contributed by atoms with E-state index in [1.165, 1.54) is 12.1 Å². The number of aromatic nitrogens is 3. The van der Waals surface area contributed by atoms with Crippen molar-refractivity contribution in [3.05, 3.63) is 128 Å². The second-order valence-corrected chi connectivity index (χ2v) is 13.0. The smallest absolute Gasteiger partial charge is 0.314 e. The van der Waals surface area contributed by atoms with E-state index in [9.17, 15) is 23.6 Å². The van der Waals surface area contributed by atoms with E-state index in [1.807, 2.05) is 44.2 Å². The lowest BCUT2D eigenvalue weighted by Crippen LogP contribution is -2.56. The molecule has 262 valence electrons. The zero-order valence-corrected chi connectivity index (χ0v) is 29.2. The molecule has 1 saturated heterocycles. The number of pyridine rings is 1. The van der Waals surface area contributed by atoms with E-state index in [-0.39, 0.29) is 17.9 Å². The highest BCUT2D eigenvalue weighted by molar-refractivity contribution is 5.96. The van der Waals surface area contributed by atoms with Gasteiger partial charge < -0.3 is 15.0 Å². The van der Waals surface area contributed by atoms with Crippen molar-refractivity contribution in [2.75, 3.05) is 0 Å². The molecule has 2 aromatic carbocycles. The van der Waals surface area contributed by atoms with Gasteiger partial charge in [-0.15, -0.1) is 0 Å². The SMILES string of the molecule is CCC(CC)(C(=O)OCc1ccccc1)[C@H]1CC[C@@H](c2cccc(F)c2)N1C(=O)[C@@H](C)NC(=O)c1ccc(Cc2cc(C)n[nH]c2=O)c(C)n1. The van der Waals surface area contributed by atoms with E-state index in [0.717, 1.165) is 11.1 Å². The molecule has 11 heteroatoms. The molecule has 10 nitrogen and oxygen atoms in total. The Morgan fingerprint density at radius 1 is 1.00 bits per heavy atom. The molecule has 1 aliphatic rings. The third-order valence-corrected chi connectivity index (χ3v) is 9.93. The first-order valence-electron chi connectivity index (χ1n) is 17.1. The van der Waals surface area contributed by atoms with E-state index in [2.05, 4.69) is 20.5 Å². The second-order valence-electron chi connectivity index (χ2n) is 13.0. The van der Waals surface area contributed by atoms with Crippen molar-refractivity contribution < 1.29 is 23.5 Å². The fourth-order valence-corrected chi connectivity index (χ4v) is 7.07. The Morgan fingerprint density at radius 2 is 1.74 bits per heavy atom. The van der Waals surface area contributed by atoms with Crippen molar-refractivity contribution in [2.24, 2.45) is 5.41 Å². The summed E-state index contributed by atoms with van der Waals surface area (Å²) in [6, 6.07) is 18.5. The van der Waals surface area contributed by atoms with Gasteiger partial charge in [0, 0.05) is 23.7 Å². The summed E-state index contributed by atoms with van der Waals surface area (Å²) in [5.41, 5.74) is 2.83. The van der Waals surface area contributed by atoms with Gasteiger partial charge in [0.15, 0.2) is 0 Å². The number of aryl methyl sites for hydroxylation is 2. The van der Waals surface area contributed by atoms with Crippen LogP contribution in [0.4, 0.5) is 4.39 Å². The minimum Gasteiger partial charge on any atom is -0.460 e. The van der Waals surface area contributed by atoms with Gasteiger partial charge in [0.25, 0.3) is 11.5 Å². The lowest BCUT2D eigenvalue weighted by atomic mass is 9.74. The molecule has 50 heavy (non-hydrogen) atoms. The maximum atomic E-state index is 14.5. The van der Waals surface area contributed by atoms with Gasteiger partial charge in [-0.3, -0.25) is 19.2 Å². The normalized spacial score (nSPS) is 16.6. The maximum absolute atomic E-state index is 14.5. The molecule has 2 N–H and O–H groups in total. The first-order chi connectivity index (χ1) is 24.0. The molecule has 1 aliphatic heterocycles. The van der Waals surface area contributed by atoms with E-state index in [1.54, 1.807) is 56.0 Å². The van der Waals surface area contributed by atoms with Gasteiger partial charge in [-0.05, 0) is 87.4 Å². The number of H-pyrrole nitrogens is 1. The first kappa shape index (κ1) is 36.1. The fourth-order valence-electron chi connectivity index (χ4n) is 7.07. The summed E-state index contributed by atoms with van der Waals surface area (Å²) in [5.74, 6) is -1.75. The molecule has 5 rings (SSSR count). The summed E-state index contributed by atoms with van der Waals surface area (Å²) in [7, 11) is 0. The average molecular weight is 682 g/mol. The molecule has 0 unspecified atom stereocenters. The number of carbonyl (C=O) groups is 3. The standard InChI is InChI=1S/C39H44FN5O5/c1-6-39(7-2,38(49)50-23-27-12-9-8-10-13-27)34-19-18-33(29-14-11-15-31(40)22-29)45(34)37(48)26(5)42-36(47)32-17-16-28(25(4)41-32)21-30-20-24(3)43-44-35(30)46/h8-17,20,22,26,33-34H,6-7,18-19,21,23H2,1-5H3,(H,42,47)(H,44,46)/t26-,33+,34-/m1/s1. The van der Waals surface area contributed by atoms with Crippen molar-refractivity contribution in [1.29, 1.82) is 0 Å². The summed E-state index contributed by atoms with van der Waals surface area (Å²) >= 11 is 0. The number of ether oxygens (including phenoxy) is 1. The predicted octanol–water partition coefficient (Wildman–Crippen LogP) is 5.91. The maximum Gasteiger partial charge on any atom is 0.314 e. The van der Waals surface area contributed by atoms with E-state index in [4.69, 9.17) is 4.74 Å². The highest BCUT2D eigenvalue weighted by Gasteiger charge is 2.53. The van der Waals surface area contributed by atoms with Crippen molar-refractivity contribution in [3.8, 4) is 0 Å². The lowest BCUT2D eigenvalue weighted by molar-refractivity contribution is -0.164. The predicted molar refractivity (Wildman–Crippen MR) is 187 cm³/mol. The van der Waals surface area contributed by atoms with Crippen molar-refractivity contribution >= 4 is 17.8 Å². The molecular formula is C39H44FN5O5. The van der Waals surface area contributed by atoms with Crippen LogP contribution < -0.4 is 10.9 Å². The quantitative estimate of drug-likeness (QED) is 0.178. The summed E-state index contributed by atoms with van der Waals surface area (Å²) in [6.07, 6.45) is 2.16. The zero-order chi connectivity index (χ0) is 36.0. The van der Waals surface area contributed by atoms with Crippen LogP contribution in [0.5, 0.6) is 0 Å². The molecule has 0 aliphatic carbocycles. The Hall–Kier alpha value is -5.19. The molecule has 3 heterocycles. The minimum atomic E-state index is -1.03. The molecule has 2 aromatic heterocycles. The molecule has 3 atom stereocenters. The van der Waals surface area contributed by atoms with Crippen LogP contribution in [0.25, 0.3) is 0 Å². The van der Waals surface area contributed by atoms with Crippen LogP contribution >= 0.6 is 0 Å². The number of rotatable bonds is 12. The highest BCUT2D eigenvalue weighted by Crippen LogP contribution is 2.47. The second kappa shape index (κ2) is 15.6. The molecule has 0 bridgehead atoms. The number of esters is 1. The Morgan fingerprint density at radius 3 is 2.42 bits per heavy atom. The number of nitrogens with zero attached hydrogens (tertiary/aromatic N) is 3. The Kier molecular flexibility index (Phi) is 11.2. The summed E-state index contributed by atoms with van der Waals surface area (Å²) in [4.78, 5) is 60.3. The van der Waals surface area contributed by atoms with Crippen LogP contribution in [0.2, 0.25) is 0 Å². The van der Waals surface area contributed by atoms with Crippen LogP contribution in [0, 0.1) is 25.1 Å². The Bertz CT molecular complexity index is 1910. The summed E-state index contributed by atoms with van der Waals surface area (Å²) < 4.78 is 20.4. The van der Waals surface area contributed by atoms with Crippen LogP contribution in [0.15, 0.2) is 77.6 Å². The van der Waals surface area contributed by atoms with Gasteiger partial charge in [-0.1, -0.05) is 62.4 Å². The van der Waals surface area contributed by atoms with Crippen LogP contribution in [0.1, 0.15) is 96.6 Å². The monoisotopic (exact) mass is 681 g/mol. The number of likely N-dealkylation sites (tertiary alicyclic amines) is 1. The molecular weight excluding hydrogens is 637 g/mol. The van der Waals surface area contributed by atoms with Gasteiger partial charge >= 0.3 is 5.97 Å². The number of hydrogen-bond donors (Lipinski definition) is 2. The van der Waals surface area contributed by atoms with Crippen molar-refractivity contribution in [2.45, 2.75) is 91.5 Å². The van der Waals surface area contributed by atoms with E-state index >= 15 is 0 Å². The molecule has 1 fully saturated rings. The number of nitrogens with one attached hydrogen (secondary N) is 2. The number of halogens is 1. The number of carbonyl (C=O) groups excluding carboxylic acids is 3. The first-order valence-corrected chi connectivity index (χ1v) is 17.1. The third-order valence-electron chi connectivity index (χ3n) is 9.93. The van der Waals surface area contributed by atoms with Gasteiger partial charge in [-0.25, -0.2) is 14.5 Å². The van der Waals surface area contributed by atoms with E-state index in [0.29, 0.717) is 54.6 Å². The molecule has 0 radical (unpaired) electrons. The van der Waals surface area contributed by atoms with Crippen LogP contribution in [0.3, 0.4) is 0 Å². The molecule has 0 spiro atoms. The largest absolute Gasteiger partial charge is 0.460 e. The van der Waals surface area contributed by atoms with Gasteiger partial charge in [0.1, 0.15) is 24.2 Å². The minimum absolute atomic E-state index is 0.103. The lowest BCUT2D eigenvalue weighted by Gasteiger charge is -2.43. The third kappa shape index (κ3) is 7.66. The number of hydrogen-bond acceptors (Lipinski definition) is 7. The highest BCUT2D eigenvalue weighted by atomic mass is 19.1. The van der Waals surface area contributed by atoms with Gasteiger partial charge in [0.05, 0.1) is 17.2 Å². The average Bonchev–Trinajstić information content (AvgIpc) is 3.56. The molecule has 0 saturated carbocycles. The number of aromatic amines is 1. The Labute approximate surface area is 291 Å². The topological polar surface area (TPSA) is 134 Å². The van der Waals surface area contributed by atoms with E-state index < -0.39 is 47.1 Å². The Balaban J connectivity index is 1.39. The fraction of sp³-hybridized carbons (Fsp3) is 0.385. The summed E-state index contributed by atoms with van der Waals surface area (Å²) in [5, 5.41) is 9.20. The molecule has 2 amide bonds. The van der Waals surface area contributed by atoms with Gasteiger partial charge in [0.2, 0.25) is 5.91 Å². The van der Waals surface area contributed by atoms with Gasteiger partial charge in [-0.2, -0.15) is 5.10 Å². The zero-order valence-electron chi connectivity index (χ0n) is 29.2. The number of amides is 2. The molecule has 4 aromatic rings. The van der Waals surface area contributed by atoms with Crippen LogP contribution in [-0.2, 0) is 27.4 Å². The summed E-state index contributed by atoms with van der Waals surface area (Å²) in [6.45, 7) is 9.08. The van der Waals surface area contributed by atoms with Crippen LogP contribution in [-0.4, -0.2) is 49.9 Å².